The van der Waals surface area contributed by atoms with E-state index in [4.69, 9.17) is 5.41 Å². The number of benzene rings is 2. The zero-order chi connectivity index (χ0) is 30.9. The fourth-order valence-corrected chi connectivity index (χ4v) is 7.05. The quantitative estimate of drug-likeness (QED) is 0.245. The van der Waals surface area contributed by atoms with Crippen molar-refractivity contribution in [2.24, 2.45) is 10.2 Å². The van der Waals surface area contributed by atoms with E-state index >= 15 is 0 Å². The average Bonchev–Trinajstić information content (AvgIpc) is 2.89. The number of hydrogen-bond donors (Lipinski definition) is 3. The third-order valence-electron chi connectivity index (χ3n) is 8.07. The van der Waals surface area contributed by atoms with Crippen molar-refractivity contribution in [2.75, 3.05) is 0 Å². The lowest BCUT2D eigenvalue weighted by Crippen LogP contribution is -2.63. The summed E-state index contributed by atoms with van der Waals surface area (Å²) < 4.78 is 0. The molecule has 0 bridgehead atoms. The van der Waals surface area contributed by atoms with Crippen molar-refractivity contribution in [3.05, 3.63) is 71.8 Å². The first-order chi connectivity index (χ1) is 19.5. The highest BCUT2D eigenvalue weighted by molar-refractivity contribution is 5.99. The van der Waals surface area contributed by atoms with Crippen LogP contribution in [-0.2, 0) is 0 Å². The maximum atomic E-state index is 13.5. The minimum atomic E-state index is -0.465. The van der Waals surface area contributed by atoms with Gasteiger partial charge in [0.1, 0.15) is 0 Å². The summed E-state index contributed by atoms with van der Waals surface area (Å²) in [6, 6.07) is 18.7. The maximum absolute atomic E-state index is 13.5. The molecule has 0 atom stereocenters. The van der Waals surface area contributed by atoms with E-state index in [2.05, 4.69) is 76.4 Å². The van der Waals surface area contributed by atoms with Crippen LogP contribution in [0.5, 0.6) is 0 Å². The number of amides is 2. The number of rotatable bonds is 4. The molecule has 0 aromatic heterocycles. The number of piperidine rings is 2. The zero-order valence-electron chi connectivity index (χ0n) is 26.2. The fraction of sp³-hybridized carbons (Fsp3) is 0.485. The molecule has 42 heavy (non-hydrogen) atoms. The Kier molecular flexibility index (Phi) is 8.36. The topological polar surface area (TPSA) is 113 Å². The molecule has 2 fully saturated rings. The van der Waals surface area contributed by atoms with E-state index in [0.29, 0.717) is 36.8 Å². The summed E-state index contributed by atoms with van der Waals surface area (Å²) in [5.41, 5.74) is 6.89. The van der Waals surface area contributed by atoms with Gasteiger partial charge in [0, 0.05) is 70.4 Å². The summed E-state index contributed by atoms with van der Waals surface area (Å²) in [4.78, 5) is 30.8. The van der Waals surface area contributed by atoms with Crippen LogP contribution in [0.2, 0.25) is 0 Å². The number of hydrazone groups is 2. The maximum Gasteiger partial charge on any atom is 0.254 e. The largest absolute Gasteiger partial charge is 0.328 e. The predicted molar refractivity (Wildman–Crippen MR) is 169 cm³/mol. The molecule has 0 unspecified atom stereocenters. The SMILES string of the molecule is CC1(C)CC(=NNC(=N)NN=C2CC(C)(C)N(C(=O)c3ccccc3)C(C)(C)C2)CC(C)(C)N1C(=O)c1ccccc1. The number of nitrogens with zero attached hydrogens (tertiary/aromatic N) is 4. The van der Waals surface area contributed by atoms with Gasteiger partial charge in [0.15, 0.2) is 0 Å². The van der Waals surface area contributed by atoms with Crippen molar-refractivity contribution in [3.8, 4) is 0 Å². The van der Waals surface area contributed by atoms with Crippen LogP contribution in [0.15, 0.2) is 70.9 Å². The summed E-state index contributed by atoms with van der Waals surface area (Å²) in [5, 5.41) is 17.5. The second kappa shape index (κ2) is 11.3. The molecule has 2 aliphatic heterocycles. The molecule has 4 rings (SSSR count). The van der Waals surface area contributed by atoms with Crippen LogP contribution in [0.1, 0.15) is 102 Å². The molecule has 0 saturated carbocycles. The lowest BCUT2D eigenvalue weighted by molar-refractivity contribution is 0.0112. The molecule has 3 N–H and O–H groups in total. The van der Waals surface area contributed by atoms with E-state index in [0.717, 1.165) is 11.4 Å². The van der Waals surface area contributed by atoms with Crippen LogP contribution in [-0.4, -0.2) is 61.2 Å². The number of guanidine groups is 1. The van der Waals surface area contributed by atoms with Gasteiger partial charge < -0.3 is 9.80 Å². The van der Waals surface area contributed by atoms with Crippen molar-refractivity contribution in [2.45, 2.75) is 103 Å². The Labute approximate surface area is 249 Å². The van der Waals surface area contributed by atoms with Gasteiger partial charge in [-0.1, -0.05) is 36.4 Å². The minimum absolute atomic E-state index is 0.00482. The predicted octanol–water partition coefficient (Wildman–Crippen LogP) is 5.80. The Balaban J connectivity index is 1.41. The van der Waals surface area contributed by atoms with Gasteiger partial charge in [-0.2, -0.15) is 10.2 Å². The van der Waals surface area contributed by atoms with Crippen LogP contribution >= 0.6 is 0 Å². The third-order valence-corrected chi connectivity index (χ3v) is 8.07. The number of likely N-dealkylation sites (tertiary alicyclic amines) is 2. The molecule has 9 heteroatoms. The molecule has 2 heterocycles. The first-order valence-corrected chi connectivity index (χ1v) is 14.5. The van der Waals surface area contributed by atoms with Gasteiger partial charge in [-0.05, 0) is 79.7 Å². The molecule has 0 aliphatic carbocycles. The molecule has 2 aromatic rings. The van der Waals surface area contributed by atoms with Crippen molar-refractivity contribution in [3.63, 3.8) is 0 Å². The highest BCUT2D eigenvalue weighted by atomic mass is 16.2. The number of nitrogens with one attached hydrogen (secondary N) is 3. The first-order valence-electron chi connectivity index (χ1n) is 14.5. The van der Waals surface area contributed by atoms with Gasteiger partial charge in [-0.25, -0.2) is 10.9 Å². The van der Waals surface area contributed by atoms with E-state index < -0.39 is 22.2 Å². The van der Waals surface area contributed by atoms with E-state index in [1.807, 2.05) is 70.5 Å². The monoisotopic (exact) mass is 571 g/mol. The van der Waals surface area contributed by atoms with E-state index in [1.54, 1.807) is 0 Å². The highest BCUT2D eigenvalue weighted by Gasteiger charge is 2.48. The lowest BCUT2D eigenvalue weighted by atomic mass is 9.78. The molecule has 0 spiro atoms. The van der Waals surface area contributed by atoms with Crippen LogP contribution in [0.3, 0.4) is 0 Å². The third kappa shape index (κ3) is 6.55. The average molecular weight is 572 g/mol. The molecular weight excluding hydrogens is 526 g/mol. The van der Waals surface area contributed by atoms with E-state index in [9.17, 15) is 9.59 Å². The summed E-state index contributed by atoms with van der Waals surface area (Å²) in [6.45, 7) is 16.4. The fourth-order valence-electron chi connectivity index (χ4n) is 7.05. The van der Waals surface area contributed by atoms with Gasteiger partial charge in [0.05, 0.1) is 0 Å². The van der Waals surface area contributed by atoms with Crippen molar-refractivity contribution in [1.29, 1.82) is 5.41 Å². The summed E-state index contributed by atoms with van der Waals surface area (Å²) >= 11 is 0. The molecule has 2 aromatic carbocycles. The smallest absolute Gasteiger partial charge is 0.254 e. The summed E-state index contributed by atoms with van der Waals surface area (Å²) in [5.74, 6) is -0.0257. The first kappa shape index (κ1) is 30.9. The number of carbonyl (C=O) groups excluding carboxylic acids is 2. The summed E-state index contributed by atoms with van der Waals surface area (Å²) in [6.07, 6.45) is 2.32. The number of carbonyl (C=O) groups is 2. The number of hydrogen-bond acceptors (Lipinski definition) is 5. The van der Waals surface area contributed by atoms with Crippen molar-refractivity contribution >= 4 is 29.2 Å². The van der Waals surface area contributed by atoms with Gasteiger partial charge >= 0.3 is 0 Å². The van der Waals surface area contributed by atoms with Crippen molar-refractivity contribution in [1.82, 2.24) is 20.7 Å². The van der Waals surface area contributed by atoms with E-state index in [1.165, 1.54) is 0 Å². The molecule has 2 saturated heterocycles. The Morgan fingerprint density at radius 1 is 0.595 bits per heavy atom. The van der Waals surface area contributed by atoms with E-state index in [-0.39, 0.29) is 17.8 Å². The van der Waals surface area contributed by atoms with Gasteiger partial charge in [0.25, 0.3) is 11.8 Å². The minimum Gasteiger partial charge on any atom is -0.328 e. The second-order valence-electron chi connectivity index (χ2n) is 13.9. The summed E-state index contributed by atoms with van der Waals surface area (Å²) in [7, 11) is 0. The molecule has 224 valence electrons. The van der Waals surface area contributed by atoms with Gasteiger partial charge in [0.2, 0.25) is 5.96 Å². The van der Waals surface area contributed by atoms with Crippen LogP contribution < -0.4 is 10.9 Å². The van der Waals surface area contributed by atoms with Crippen molar-refractivity contribution < 1.29 is 9.59 Å². The Morgan fingerprint density at radius 2 is 0.881 bits per heavy atom. The molecular formula is C33H45N7O2. The molecule has 2 aliphatic rings. The molecule has 2 amide bonds. The highest BCUT2D eigenvalue weighted by Crippen LogP contribution is 2.39. The lowest BCUT2D eigenvalue weighted by Gasteiger charge is -2.53. The molecule has 0 radical (unpaired) electrons. The van der Waals surface area contributed by atoms with Gasteiger partial charge in [-0.3, -0.25) is 15.0 Å². The Bertz CT molecular complexity index is 1250. The zero-order valence-corrected chi connectivity index (χ0v) is 26.2. The standard InChI is InChI=1S/C33H45N7O2/c1-30(2)19-25(20-31(3,4)39(30)27(41)23-15-11-9-12-16-23)35-37-29(34)38-36-26-21-32(5,6)40(33(7,8)22-26)28(42)24-17-13-10-14-18-24/h9-18H,19-22H2,1-8H3,(H3,34,37,38). The Hall–Kier alpha value is -4.01. The second-order valence-corrected chi connectivity index (χ2v) is 13.9. The molecule has 9 nitrogen and oxygen atoms in total. The van der Waals surface area contributed by atoms with Crippen LogP contribution in [0.4, 0.5) is 0 Å². The van der Waals surface area contributed by atoms with Crippen LogP contribution in [0.25, 0.3) is 0 Å². The van der Waals surface area contributed by atoms with Gasteiger partial charge in [-0.15, -0.1) is 0 Å². The normalized spacial score (nSPS) is 20.4. The Morgan fingerprint density at radius 3 is 1.17 bits per heavy atom. The van der Waals surface area contributed by atoms with Crippen LogP contribution in [0, 0.1) is 5.41 Å².